The van der Waals surface area contributed by atoms with Crippen molar-refractivity contribution < 1.29 is 0 Å². The van der Waals surface area contributed by atoms with Crippen LogP contribution < -0.4 is 5.56 Å². The van der Waals surface area contributed by atoms with E-state index in [1.165, 1.54) is 0 Å². The first-order chi connectivity index (χ1) is 7.09. The molecule has 4 heteroatoms. The summed E-state index contributed by atoms with van der Waals surface area (Å²) in [7, 11) is 0. The predicted molar refractivity (Wildman–Crippen MR) is 59.0 cm³/mol. The molecule has 2 aromatic rings. The topological polar surface area (TPSA) is 58.6 Å². The Hall–Kier alpha value is -1.71. The Morgan fingerprint density at radius 3 is 2.73 bits per heavy atom. The molecule has 0 saturated heterocycles. The molecule has 0 spiro atoms. The van der Waals surface area contributed by atoms with Crippen LogP contribution in [0, 0.1) is 6.92 Å². The average molecular weight is 203 g/mol. The van der Waals surface area contributed by atoms with Gasteiger partial charge in [-0.1, -0.05) is 13.8 Å². The van der Waals surface area contributed by atoms with Crippen molar-refractivity contribution in [3.63, 3.8) is 0 Å². The Morgan fingerprint density at radius 2 is 2.07 bits per heavy atom. The molecule has 0 unspecified atom stereocenters. The van der Waals surface area contributed by atoms with E-state index in [2.05, 4.69) is 29.0 Å². The van der Waals surface area contributed by atoms with Crippen molar-refractivity contribution in [3.05, 3.63) is 34.0 Å². The van der Waals surface area contributed by atoms with Crippen LogP contribution in [0.25, 0.3) is 10.8 Å². The van der Waals surface area contributed by atoms with Crippen LogP contribution >= 0.6 is 0 Å². The van der Waals surface area contributed by atoms with Gasteiger partial charge in [-0.2, -0.15) is 5.10 Å². The molecular weight excluding hydrogens is 190 g/mol. The summed E-state index contributed by atoms with van der Waals surface area (Å²) >= 11 is 0. The van der Waals surface area contributed by atoms with Gasteiger partial charge in [-0.05, 0) is 18.9 Å². The highest BCUT2D eigenvalue weighted by Gasteiger charge is 2.09. The molecule has 1 N–H and O–H groups in total. The molecule has 2 heterocycles. The van der Waals surface area contributed by atoms with Gasteiger partial charge in [0.15, 0.2) is 0 Å². The molecule has 0 aliphatic rings. The number of H-pyrrole nitrogens is 1. The number of hydrogen-bond acceptors (Lipinski definition) is 3. The van der Waals surface area contributed by atoms with E-state index in [-0.39, 0.29) is 11.5 Å². The van der Waals surface area contributed by atoms with Crippen LogP contribution in [0.4, 0.5) is 0 Å². The van der Waals surface area contributed by atoms with Gasteiger partial charge in [0.1, 0.15) is 0 Å². The minimum Gasteiger partial charge on any atom is -0.267 e. The second kappa shape index (κ2) is 3.46. The van der Waals surface area contributed by atoms with Gasteiger partial charge in [0.2, 0.25) is 0 Å². The molecule has 0 atom stereocenters. The van der Waals surface area contributed by atoms with Crippen molar-refractivity contribution in [2.45, 2.75) is 26.7 Å². The van der Waals surface area contributed by atoms with E-state index < -0.39 is 0 Å². The van der Waals surface area contributed by atoms with Gasteiger partial charge in [0, 0.05) is 17.3 Å². The van der Waals surface area contributed by atoms with Crippen molar-refractivity contribution in [2.24, 2.45) is 0 Å². The van der Waals surface area contributed by atoms with Crippen LogP contribution in [0.1, 0.15) is 31.2 Å². The molecule has 0 amide bonds. The summed E-state index contributed by atoms with van der Waals surface area (Å²) in [5.41, 5.74) is 1.63. The molecule has 2 rings (SSSR count). The van der Waals surface area contributed by atoms with Crippen molar-refractivity contribution in [1.29, 1.82) is 0 Å². The van der Waals surface area contributed by atoms with Gasteiger partial charge in [-0.25, -0.2) is 5.10 Å². The molecule has 0 saturated carbocycles. The predicted octanol–water partition coefficient (Wildman–Crippen LogP) is 1.75. The van der Waals surface area contributed by atoms with Gasteiger partial charge in [-0.3, -0.25) is 9.78 Å². The lowest BCUT2D eigenvalue weighted by Gasteiger charge is -2.07. The zero-order valence-corrected chi connectivity index (χ0v) is 9.03. The fourth-order valence-corrected chi connectivity index (χ4v) is 1.62. The Kier molecular flexibility index (Phi) is 2.26. The largest absolute Gasteiger partial charge is 0.273 e. The van der Waals surface area contributed by atoms with Crippen LogP contribution in [0.5, 0.6) is 0 Å². The summed E-state index contributed by atoms with van der Waals surface area (Å²) in [6.45, 7) is 6.01. The number of nitrogens with one attached hydrogen (secondary N) is 1. The zero-order valence-electron chi connectivity index (χ0n) is 9.03. The van der Waals surface area contributed by atoms with Crippen LogP contribution in [0.2, 0.25) is 0 Å². The average Bonchev–Trinajstić information content (AvgIpc) is 2.17. The number of hydrogen-bond donors (Lipinski definition) is 1. The number of rotatable bonds is 1. The maximum absolute atomic E-state index is 11.5. The molecule has 0 aromatic carbocycles. The molecule has 78 valence electrons. The number of aromatic amines is 1. The number of aromatic nitrogens is 3. The first-order valence-electron chi connectivity index (χ1n) is 4.94. The minimum absolute atomic E-state index is 0.179. The standard InChI is InChI=1S/C11H13N3O/c1-6(2)10-8-4-7(3)12-5-9(8)11(15)14-13-10/h4-6H,1-3H3,(H,14,15). The van der Waals surface area contributed by atoms with E-state index in [9.17, 15) is 4.79 Å². The van der Waals surface area contributed by atoms with E-state index in [1.807, 2.05) is 13.0 Å². The SMILES string of the molecule is Cc1cc2c(C(C)C)n[nH]c(=O)c2cn1. The highest BCUT2D eigenvalue weighted by Crippen LogP contribution is 2.20. The second-order valence-corrected chi connectivity index (χ2v) is 3.96. The van der Waals surface area contributed by atoms with Crippen molar-refractivity contribution in [1.82, 2.24) is 15.2 Å². The lowest BCUT2D eigenvalue weighted by Crippen LogP contribution is -2.12. The van der Waals surface area contributed by atoms with Crippen LogP contribution in [0.3, 0.4) is 0 Å². The van der Waals surface area contributed by atoms with E-state index in [0.717, 1.165) is 16.8 Å². The van der Waals surface area contributed by atoms with Crippen LogP contribution in [0.15, 0.2) is 17.1 Å². The minimum atomic E-state index is -0.179. The van der Waals surface area contributed by atoms with Gasteiger partial charge in [0.25, 0.3) is 5.56 Å². The number of fused-ring (bicyclic) bond motifs is 1. The Labute approximate surface area is 87.4 Å². The first kappa shape index (κ1) is 9.83. The molecule has 0 fully saturated rings. The lowest BCUT2D eigenvalue weighted by atomic mass is 10.0. The molecule has 2 aromatic heterocycles. The van der Waals surface area contributed by atoms with E-state index in [4.69, 9.17) is 0 Å². The normalized spacial score (nSPS) is 11.2. The van der Waals surface area contributed by atoms with E-state index in [1.54, 1.807) is 6.20 Å². The summed E-state index contributed by atoms with van der Waals surface area (Å²) in [5.74, 6) is 0.283. The number of aryl methyl sites for hydroxylation is 1. The molecule has 0 aliphatic heterocycles. The summed E-state index contributed by atoms with van der Waals surface area (Å²) in [5, 5.41) is 8.09. The van der Waals surface area contributed by atoms with Gasteiger partial charge < -0.3 is 0 Å². The zero-order chi connectivity index (χ0) is 11.0. The quantitative estimate of drug-likeness (QED) is 0.768. The summed E-state index contributed by atoms with van der Waals surface area (Å²) in [4.78, 5) is 15.6. The molecular formula is C11H13N3O. The van der Waals surface area contributed by atoms with Crippen LogP contribution in [-0.2, 0) is 0 Å². The Balaban J connectivity index is 2.90. The van der Waals surface area contributed by atoms with Gasteiger partial charge >= 0.3 is 0 Å². The van der Waals surface area contributed by atoms with Crippen molar-refractivity contribution in [2.75, 3.05) is 0 Å². The van der Waals surface area contributed by atoms with Crippen molar-refractivity contribution >= 4 is 10.8 Å². The molecule has 0 radical (unpaired) electrons. The number of nitrogens with zero attached hydrogens (tertiary/aromatic N) is 2. The third kappa shape index (κ3) is 1.63. The molecule has 0 aliphatic carbocycles. The third-order valence-corrected chi connectivity index (χ3v) is 2.39. The van der Waals surface area contributed by atoms with Gasteiger partial charge in [-0.15, -0.1) is 0 Å². The molecule has 4 nitrogen and oxygen atoms in total. The highest BCUT2D eigenvalue weighted by molar-refractivity contribution is 5.83. The maximum atomic E-state index is 11.5. The maximum Gasteiger partial charge on any atom is 0.273 e. The van der Waals surface area contributed by atoms with E-state index in [0.29, 0.717) is 5.39 Å². The Morgan fingerprint density at radius 1 is 1.33 bits per heavy atom. The fraction of sp³-hybridized carbons (Fsp3) is 0.364. The monoisotopic (exact) mass is 203 g/mol. The van der Waals surface area contributed by atoms with Gasteiger partial charge in [0.05, 0.1) is 11.1 Å². The molecule has 0 bridgehead atoms. The summed E-state index contributed by atoms with van der Waals surface area (Å²) in [6.07, 6.45) is 1.61. The fourth-order valence-electron chi connectivity index (χ4n) is 1.62. The third-order valence-electron chi connectivity index (χ3n) is 2.39. The number of pyridine rings is 1. The second-order valence-electron chi connectivity index (χ2n) is 3.96. The van der Waals surface area contributed by atoms with E-state index >= 15 is 0 Å². The van der Waals surface area contributed by atoms with Crippen molar-refractivity contribution in [3.8, 4) is 0 Å². The lowest BCUT2D eigenvalue weighted by molar-refractivity contribution is 0.792. The highest BCUT2D eigenvalue weighted by atomic mass is 16.1. The molecule has 15 heavy (non-hydrogen) atoms. The first-order valence-corrected chi connectivity index (χ1v) is 4.94. The summed E-state index contributed by atoms with van der Waals surface area (Å²) in [6, 6.07) is 1.91. The smallest absolute Gasteiger partial charge is 0.267 e. The van der Waals surface area contributed by atoms with Crippen LogP contribution in [-0.4, -0.2) is 15.2 Å². The Bertz CT molecular complexity index is 557. The summed E-state index contributed by atoms with van der Waals surface area (Å²) < 4.78 is 0.